The predicted molar refractivity (Wildman–Crippen MR) is 55.6 cm³/mol. The van der Waals surface area contributed by atoms with Gasteiger partial charge < -0.3 is 0 Å². The number of aryl methyl sites for hydroxylation is 1. The maximum Gasteiger partial charge on any atom is 0.349 e. The Bertz CT molecular complexity index is 491. The molecule has 0 bridgehead atoms. The fourth-order valence-corrected chi connectivity index (χ4v) is 2.06. The van der Waals surface area contributed by atoms with Gasteiger partial charge in [0.25, 0.3) is 0 Å². The van der Waals surface area contributed by atoms with Crippen LogP contribution >= 0.6 is 0 Å². The second-order valence-electron chi connectivity index (χ2n) is 2.83. The van der Waals surface area contributed by atoms with Crippen LogP contribution in [0.1, 0.15) is 11.1 Å². The minimum Gasteiger partial charge on any atom is -0.299 e. The van der Waals surface area contributed by atoms with E-state index >= 15 is 0 Å². The molecule has 1 rings (SSSR count). The van der Waals surface area contributed by atoms with E-state index in [0.29, 0.717) is 5.56 Å². The van der Waals surface area contributed by atoms with Crippen LogP contribution in [-0.4, -0.2) is 38.0 Å². The van der Waals surface area contributed by atoms with E-state index in [-0.39, 0.29) is 34.5 Å². The number of benzene rings is 1. The Kier molecular flexibility index (Phi) is 5.32. The smallest absolute Gasteiger partial charge is 0.299 e. The van der Waals surface area contributed by atoms with E-state index in [1.807, 2.05) is 0 Å². The third kappa shape index (κ3) is 3.21. The molecule has 0 spiro atoms. The molecule has 75 valence electrons. The summed E-state index contributed by atoms with van der Waals surface area (Å²) in [6.07, 6.45) is 1.17. The normalized spacial score (nSPS) is 9.93. The predicted octanol–water partition coefficient (Wildman–Crippen LogP) is 1.11. The van der Waals surface area contributed by atoms with Gasteiger partial charge in [0, 0.05) is 29.6 Å². The molecular formula is C9H9NNaO3S. The summed E-state index contributed by atoms with van der Waals surface area (Å²) < 4.78 is 26.8. The molecule has 1 aromatic carbocycles. The van der Waals surface area contributed by atoms with Gasteiger partial charge in [-0.1, -0.05) is 12.1 Å². The Balaban J connectivity index is 0.00000196. The average Bonchev–Trinajstić information content (AvgIpc) is 2.09. The van der Waals surface area contributed by atoms with Gasteiger partial charge in [-0.15, -0.1) is 5.26 Å². The van der Waals surface area contributed by atoms with Crippen molar-refractivity contribution in [2.45, 2.75) is 18.7 Å². The second kappa shape index (κ2) is 5.52. The van der Waals surface area contributed by atoms with Crippen LogP contribution in [0, 0.1) is 25.4 Å². The summed E-state index contributed by atoms with van der Waals surface area (Å²) in [6, 6.07) is 4.81. The van der Waals surface area contributed by atoms with Crippen LogP contribution in [0.5, 0.6) is 0 Å². The zero-order valence-electron chi connectivity index (χ0n) is 8.81. The SMILES string of the molecule is Cc1cccc(S(=O)(=O)OC#N)c1C.[Na]. The van der Waals surface area contributed by atoms with Gasteiger partial charge in [0.1, 0.15) is 4.90 Å². The quantitative estimate of drug-likeness (QED) is 0.436. The first kappa shape index (κ1) is 14.5. The summed E-state index contributed by atoms with van der Waals surface area (Å²) in [5.74, 6) is 0. The Hall–Kier alpha value is -0.540. The minimum atomic E-state index is -3.92. The monoisotopic (exact) mass is 234 g/mol. The fraction of sp³-hybridized carbons (Fsp3) is 0.222. The summed E-state index contributed by atoms with van der Waals surface area (Å²) in [4.78, 5) is 0.0408. The summed E-state index contributed by atoms with van der Waals surface area (Å²) in [5.41, 5.74) is 1.44. The van der Waals surface area contributed by atoms with Crippen molar-refractivity contribution in [3.8, 4) is 6.26 Å². The third-order valence-corrected chi connectivity index (χ3v) is 3.25. The standard InChI is InChI=1S/C9H9NO3S.Na/c1-7-4-3-5-9(8(7)2)14(11,12)13-6-10;/h3-5H,1-2H3;. The maximum absolute atomic E-state index is 11.4. The topological polar surface area (TPSA) is 67.2 Å². The summed E-state index contributed by atoms with van der Waals surface area (Å²) in [5, 5.41) is 8.17. The van der Waals surface area contributed by atoms with Crippen LogP contribution in [0.4, 0.5) is 0 Å². The Morgan fingerprint density at radius 3 is 2.47 bits per heavy atom. The van der Waals surface area contributed by atoms with E-state index in [9.17, 15) is 8.42 Å². The molecule has 0 aliphatic heterocycles. The van der Waals surface area contributed by atoms with E-state index < -0.39 is 10.1 Å². The average molecular weight is 234 g/mol. The van der Waals surface area contributed by atoms with Crippen molar-refractivity contribution < 1.29 is 12.6 Å². The fourth-order valence-electron chi connectivity index (χ4n) is 1.09. The molecule has 0 aromatic heterocycles. The van der Waals surface area contributed by atoms with Crippen LogP contribution < -0.4 is 0 Å². The molecule has 0 aliphatic carbocycles. The van der Waals surface area contributed by atoms with Crippen molar-refractivity contribution in [2.24, 2.45) is 0 Å². The first-order chi connectivity index (χ1) is 6.49. The molecule has 0 unspecified atom stereocenters. The van der Waals surface area contributed by atoms with Gasteiger partial charge >= 0.3 is 16.4 Å². The molecule has 0 N–H and O–H groups in total. The molecule has 6 heteroatoms. The van der Waals surface area contributed by atoms with Gasteiger partial charge in [-0.3, -0.25) is 4.18 Å². The minimum absolute atomic E-state index is 0. The van der Waals surface area contributed by atoms with E-state index in [1.165, 1.54) is 12.3 Å². The molecule has 0 saturated carbocycles. The summed E-state index contributed by atoms with van der Waals surface area (Å²) in [7, 11) is -3.92. The van der Waals surface area contributed by atoms with Crippen molar-refractivity contribution in [3.05, 3.63) is 29.3 Å². The molecule has 0 heterocycles. The Morgan fingerprint density at radius 2 is 1.93 bits per heavy atom. The van der Waals surface area contributed by atoms with E-state index in [4.69, 9.17) is 5.26 Å². The number of hydrogen-bond donors (Lipinski definition) is 0. The summed E-state index contributed by atoms with van der Waals surface area (Å²) >= 11 is 0. The van der Waals surface area contributed by atoms with E-state index in [1.54, 1.807) is 26.0 Å². The van der Waals surface area contributed by atoms with Gasteiger partial charge in [-0.25, -0.2) is 0 Å². The van der Waals surface area contributed by atoms with Gasteiger partial charge in [-0.2, -0.15) is 8.42 Å². The van der Waals surface area contributed by atoms with Gasteiger partial charge in [0.2, 0.25) is 0 Å². The first-order valence-corrected chi connectivity index (χ1v) is 5.28. The van der Waals surface area contributed by atoms with Crippen LogP contribution in [0.15, 0.2) is 23.1 Å². The van der Waals surface area contributed by atoms with E-state index in [2.05, 4.69) is 4.18 Å². The molecule has 0 atom stereocenters. The third-order valence-electron chi connectivity index (χ3n) is 1.97. The first-order valence-electron chi connectivity index (χ1n) is 3.88. The number of hydrogen-bond acceptors (Lipinski definition) is 4. The molecule has 1 aromatic rings. The molecule has 1 radical (unpaired) electrons. The molecule has 15 heavy (non-hydrogen) atoms. The van der Waals surface area contributed by atoms with Crippen LogP contribution in [0.25, 0.3) is 0 Å². The van der Waals surface area contributed by atoms with E-state index in [0.717, 1.165) is 5.56 Å². The van der Waals surface area contributed by atoms with Crippen LogP contribution in [0.2, 0.25) is 0 Å². The second-order valence-corrected chi connectivity index (χ2v) is 4.34. The van der Waals surface area contributed by atoms with Crippen molar-refractivity contribution in [3.63, 3.8) is 0 Å². The van der Waals surface area contributed by atoms with Gasteiger partial charge in [0.15, 0.2) is 0 Å². The van der Waals surface area contributed by atoms with Crippen molar-refractivity contribution >= 4 is 39.7 Å². The number of rotatable bonds is 2. The zero-order chi connectivity index (χ0) is 10.8. The molecule has 0 amide bonds. The molecule has 4 nitrogen and oxygen atoms in total. The van der Waals surface area contributed by atoms with Crippen LogP contribution in [-0.2, 0) is 14.3 Å². The van der Waals surface area contributed by atoms with Crippen molar-refractivity contribution in [2.75, 3.05) is 0 Å². The largest absolute Gasteiger partial charge is 0.349 e. The number of nitriles is 1. The summed E-state index contributed by atoms with van der Waals surface area (Å²) in [6.45, 7) is 3.46. The molecule has 0 saturated heterocycles. The number of nitrogens with zero attached hydrogens (tertiary/aromatic N) is 1. The Morgan fingerprint density at radius 1 is 1.33 bits per heavy atom. The van der Waals surface area contributed by atoms with Crippen molar-refractivity contribution in [1.82, 2.24) is 0 Å². The molecular weight excluding hydrogens is 225 g/mol. The zero-order valence-corrected chi connectivity index (χ0v) is 11.6. The Labute approximate surface area is 111 Å². The van der Waals surface area contributed by atoms with Gasteiger partial charge in [-0.05, 0) is 31.0 Å². The van der Waals surface area contributed by atoms with Gasteiger partial charge in [0.05, 0.1) is 0 Å². The van der Waals surface area contributed by atoms with Crippen molar-refractivity contribution in [1.29, 1.82) is 5.26 Å². The maximum atomic E-state index is 11.4. The van der Waals surface area contributed by atoms with Crippen LogP contribution in [0.3, 0.4) is 0 Å². The molecule has 0 aliphatic rings. The molecule has 0 fully saturated rings.